The van der Waals surface area contributed by atoms with Gasteiger partial charge in [0.2, 0.25) is 0 Å². The molecule has 2 rings (SSSR count). The van der Waals surface area contributed by atoms with Crippen LogP contribution in [-0.2, 0) is 6.54 Å². The molecule has 0 spiro atoms. The lowest BCUT2D eigenvalue weighted by molar-refractivity contribution is 0.465. The van der Waals surface area contributed by atoms with Crippen molar-refractivity contribution in [2.45, 2.75) is 52.6 Å². The number of aliphatic imine (C=N–C) groups is 1. The van der Waals surface area contributed by atoms with E-state index in [4.69, 9.17) is 0 Å². The van der Waals surface area contributed by atoms with Gasteiger partial charge in [0.1, 0.15) is 0 Å². The molecule has 0 amide bonds. The molecule has 1 aromatic rings. The fourth-order valence-electron chi connectivity index (χ4n) is 2.51. The van der Waals surface area contributed by atoms with Crippen molar-refractivity contribution >= 4 is 17.3 Å². The van der Waals surface area contributed by atoms with Crippen LogP contribution in [0.3, 0.4) is 0 Å². The molecule has 1 aliphatic rings. The molecule has 1 heterocycles. The van der Waals surface area contributed by atoms with Crippen LogP contribution in [0.4, 0.5) is 0 Å². The molecule has 0 aromatic carbocycles. The Balaban J connectivity index is 1.89. The van der Waals surface area contributed by atoms with Crippen LogP contribution in [-0.4, -0.2) is 35.5 Å². The van der Waals surface area contributed by atoms with E-state index in [1.54, 1.807) is 11.3 Å². The SMILES string of the molecule is CCCC1CC1NC(=NCC)N(C)Cc1csc(C)n1. The molecule has 1 saturated carbocycles. The number of thiazole rings is 1. The smallest absolute Gasteiger partial charge is 0.194 e. The lowest BCUT2D eigenvalue weighted by atomic mass is 10.2. The molecule has 1 N–H and O–H groups in total. The summed E-state index contributed by atoms with van der Waals surface area (Å²) >= 11 is 1.71. The van der Waals surface area contributed by atoms with Crippen molar-refractivity contribution in [3.63, 3.8) is 0 Å². The number of nitrogens with one attached hydrogen (secondary N) is 1. The van der Waals surface area contributed by atoms with Crippen LogP contribution < -0.4 is 5.32 Å². The maximum atomic E-state index is 4.61. The van der Waals surface area contributed by atoms with Crippen LogP contribution in [0.2, 0.25) is 0 Å². The molecule has 1 aliphatic carbocycles. The zero-order valence-corrected chi connectivity index (χ0v) is 13.8. The molecule has 2 atom stereocenters. The minimum atomic E-state index is 0.625. The Bertz CT molecular complexity index is 454. The second-order valence-corrected chi connectivity index (χ2v) is 6.61. The molecular weight excluding hydrogens is 268 g/mol. The van der Waals surface area contributed by atoms with Gasteiger partial charge < -0.3 is 10.2 Å². The van der Waals surface area contributed by atoms with E-state index in [1.165, 1.54) is 19.3 Å². The van der Waals surface area contributed by atoms with E-state index in [2.05, 4.69) is 46.5 Å². The molecular formula is C15H26N4S. The first-order chi connectivity index (χ1) is 9.63. The molecule has 4 nitrogen and oxygen atoms in total. The minimum Gasteiger partial charge on any atom is -0.353 e. The second kappa shape index (κ2) is 7.07. The first-order valence-corrected chi connectivity index (χ1v) is 8.45. The van der Waals surface area contributed by atoms with Gasteiger partial charge in [-0.05, 0) is 32.6 Å². The lowest BCUT2D eigenvalue weighted by Crippen LogP contribution is -2.40. The second-order valence-electron chi connectivity index (χ2n) is 5.55. The summed E-state index contributed by atoms with van der Waals surface area (Å²) in [5.41, 5.74) is 1.13. The monoisotopic (exact) mass is 294 g/mol. The molecule has 5 heteroatoms. The third kappa shape index (κ3) is 4.20. The Morgan fingerprint density at radius 3 is 2.95 bits per heavy atom. The maximum absolute atomic E-state index is 4.61. The van der Waals surface area contributed by atoms with Gasteiger partial charge in [0, 0.05) is 25.0 Å². The van der Waals surface area contributed by atoms with Crippen molar-refractivity contribution in [1.82, 2.24) is 15.2 Å². The summed E-state index contributed by atoms with van der Waals surface area (Å²) in [5, 5.41) is 6.86. The Morgan fingerprint density at radius 2 is 2.35 bits per heavy atom. The number of aromatic nitrogens is 1. The van der Waals surface area contributed by atoms with Gasteiger partial charge in [-0.25, -0.2) is 4.98 Å². The normalized spacial score (nSPS) is 21.9. The van der Waals surface area contributed by atoms with Crippen molar-refractivity contribution in [1.29, 1.82) is 0 Å². The number of aryl methyl sites for hydroxylation is 1. The van der Waals surface area contributed by atoms with Crippen LogP contribution >= 0.6 is 11.3 Å². The summed E-state index contributed by atoms with van der Waals surface area (Å²) in [7, 11) is 2.09. The van der Waals surface area contributed by atoms with Crippen LogP contribution in [0, 0.1) is 12.8 Å². The fraction of sp³-hybridized carbons (Fsp3) is 0.733. The maximum Gasteiger partial charge on any atom is 0.194 e. The van der Waals surface area contributed by atoms with Gasteiger partial charge in [-0.3, -0.25) is 4.99 Å². The largest absolute Gasteiger partial charge is 0.353 e. The fourth-order valence-corrected chi connectivity index (χ4v) is 3.11. The Kier molecular flexibility index (Phi) is 5.40. The zero-order chi connectivity index (χ0) is 14.5. The third-order valence-electron chi connectivity index (χ3n) is 3.63. The predicted octanol–water partition coefficient (Wildman–Crippen LogP) is 3.04. The van der Waals surface area contributed by atoms with Gasteiger partial charge in [-0.15, -0.1) is 11.3 Å². The van der Waals surface area contributed by atoms with Crippen LogP contribution in [0.25, 0.3) is 0 Å². The Hall–Kier alpha value is -1.10. The number of rotatable bonds is 6. The highest BCUT2D eigenvalue weighted by Crippen LogP contribution is 2.34. The summed E-state index contributed by atoms with van der Waals surface area (Å²) in [5.74, 6) is 1.86. The number of nitrogens with zero attached hydrogens (tertiary/aromatic N) is 3. The van der Waals surface area contributed by atoms with Crippen molar-refractivity contribution in [3.8, 4) is 0 Å². The van der Waals surface area contributed by atoms with E-state index < -0.39 is 0 Å². The lowest BCUT2D eigenvalue weighted by Gasteiger charge is -2.21. The molecule has 0 saturated heterocycles. The van der Waals surface area contributed by atoms with Crippen molar-refractivity contribution in [3.05, 3.63) is 16.1 Å². The molecule has 20 heavy (non-hydrogen) atoms. The first kappa shape index (κ1) is 15.3. The van der Waals surface area contributed by atoms with Crippen molar-refractivity contribution < 1.29 is 0 Å². The van der Waals surface area contributed by atoms with Gasteiger partial charge in [0.05, 0.1) is 17.2 Å². The quantitative estimate of drug-likeness (QED) is 0.647. The summed E-state index contributed by atoms with van der Waals surface area (Å²) in [6.45, 7) is 8.02. The molecule has 112 valence electrons. The molecule has 0 aliphatic heterocycles. The van der Waals surface area contributed by atoms with Crippen LogP contribution in [0.15, 0.2) is 10.4 Å². The highest BCUT2D eigenvalue weighted by atomic mass is 32.1. The number of hydrogen-bond acceptors (Lipinski definition) is 3. The van der Waals surface area contributed by atoms with E-state index in [-0.39, 0.29) is 0 Å². The Morgan fingerprint density at radius 1 is 1.55 bits per heavy atom. The number of guanidine groups is 1. The molecule has 1 aromatic heterocycles. The van der Waals surface area contributed by atoms with Gasteiger partial charge in [-0.2, -0.15) is 0 Å². The van der Waals surface area contributed by atoms with Crippen LogP contribution in [0.5, 0.6) is 0 Å². The van der Waals surface area contributed by atoms with Crippen molar-refractivity contribution in [2.75, 3.05) is 13.6 Å². The van der Waals surface area contributed by atoms with Gasteiger partial charge in [0.25, 0.3) is 0 Å². The average molecular weight is 294 g/mol. The summed E-state index contributed by atoms with van der Waals surface area (Å²) in [6, 6.07) is 0.625. The predicted molar refractivity (Wildman–Crippen MR) is 86.2 cm³/mol. The summed E-state index contributed by atoms with van der Waals surface area (Å²) in [4.78, 5) is 11.3. The highest BCUT2D eigenvalue weighted by Gasteiger charge is 2.37. The first-order valence-electron chi connectivity index (χ1n) is 7.57. The summed E-state index contributed by atoms with van der Waals surface area (Å²) < 4.78 is 0. The minimum absolute atomic E-state index is 0.625. The highest BCUT2D eigenvalue weighted by molar-refractivity contribution is 7.09. The zero-order valence-electron chi connectivity index (χ0n) is 13.0. The van der Waals surface area contributed by atoms with E-state index >= 15 is 0 Å². The van der Waals surface area contributed by atoms with Gasteiger partial charge in [-0.1, -0.05) is 13.3 Å². The van der Waals surface area contributed by atoms with Crippen molar-refractivity contribution in [2.24, 2.45) is 10.9 Å². The molecule has 0 bridgehead atoms. The van der Waals surface area contributed by atoms with E-state index in [0.29, 0.717) is 6.04 Å². The standard InChI is InChI=1S/C15H26N4S/c1-5-7-12-8-14(12)18-15(16-6-2)19(4)9-13-10-20-11(3)17-13/h10,12,14H,5-9H2,1-4H3,(H,16,18). The van der Waals surface area contributed by atoms with Gasteiger partial charge in [0.15, 0.2) is 5.96 Å². The summed E-state index contributed by atoms with van der Waals surface area (Å²) in [6.07, 6.45) is 3.89. The molecule has 2 unspecified atom stereocenters. The van der Waals surface area contributed by atoms with E-state index in [0.717, 1.165) is 35.7 Å². The van der Waals surface area contributed by atoms with E-state index in [9.17, 15) is 0 Å². The van der Waals surface area contributed by atoms with Crippen LogP contribution in [0.1, 0.15) is 43.8 Å². The Labute approximate surface area is 126 Å². The topological polar surface area (TPSA) is 40.5 Å². The molecule has 1 fully saturated rings. The number of hydrogen-bond donors (Lipinski definition) is 1. The van der Waals surface area contributed by atoms with Gasteiger partial charge >= 0.3 is 0 Å². The third-order valence-corrected chi connectivity index (χ3v) is 4.45. The molecule has 0 radical (unpaired) electrons. The van der Waals surface area contributed by atoms with E-state index in [1.807, 2.05) is 6.92 Å². The average Bonchev–Trinajstić information content (AvgIpc) is 3.00.